The Labute approximate surface area is 109 Å². The van der Waals surface area contributed by atoms with Crippen LogP contribution in [-0.2, 0) is 0 Å². The lowest BCUT2D eigenvalue weighted by atomic mass is 9.66. The average Bonchev–Trinajstić information content (AvgIpc) is 3.13. The number of piperidine rings is 1. The third-order valence-electron chi connectivity index (χ3n) is 4.75. The van der Waals surface area contributed by atoms with Gasteiger partial charge in [0.05, 0.1) is 0 Å². The van der Waals surface area contributed by atoms with E-state index in [4.69, 9.17) is 11.6 Å². The summed E-state index contributed by atoms with van der Waals surface area (Å²) in [6.07, 6.45) is 4.15. The Balaban J connectivity index is 1.93. The minimum Gasteiger partial charge on any atom is -0.316 e. The lowest BCUT2D eigenvalue weighted by molar-refractivity contribution is 0.154. The van der Waals surface area contributed by atoms with Crippen LogP contribution in [0.1, 0.15) is 37.7 Å². The fourth-order valence-corrected chi connectivity index (χ4v) is 3.66. The molecule has 1 saturated carbocycles. The molecule has 0 radical (unpaired) electrons. The summed E-state index contributed by atoms with van der Waals surface area (Å²) in [7, 11) is 0. The Hall–Kier alpha value is -0.530. The van der Waals surface area contributed by atoms with E-state index in [0.29, 0.717) is 11.3 Å². The second-order valence-corrected chi connectivity index (χ2v) is 6.28. The summed E-state index contributed by atoms with van der Waals surface area (Å²) in [5, 5.41) is 4.41. The first-order chi connectivity index (χ1) is 8.20. The number of halogens is 1. The van der Waals surface area contributed by atoms with Gasteiger partial charge in [-0.05, 0) is 54.8 Å². The normalized spacial score (nSPS) is 33.6. The summed E-state index contributed by atoms with van der Waals surface area (Å²) in [5.74, 6) is 1.57. The number of nitrogens with one attached hydrogen (secondary N) is 1. The minimum absolute atomic E-state index is 0.482. The van der Waals surface area contributed by atoms with Gasteiger partial charge in [0.25, 0.3) is 0 Å². The lowest BCUT2D eigenvalue weighted by Gasteiger charge is -2.43. The van der Waals surface area contributed by atoms with Crippen molar-refractivity contribution in [2.45, 2.75) is 32.1 Å². The fraction of sp³-hybridized carbons (Fsp3) is 0.600. The summed E-state index contributed by atoms with van der Waals surface area (Å²) < 4.78 is 0. The molecule has 3 rings (SSSR count). The summed E-state index contributed by atoms with van der Waals surface area (Å²) in [6.45, 7) is 4.76. The van der Waals surface area contributed by atoms with Gasteiger partial charge in [-0.15, -0.1) is 0 Å². The molecule has 1 saturated heterocycles. The van der Waals surface area contributed by atoms with Crippen molar-refractivity contribution in [3.63, 3.8) is 0 Å². The summed E-state index contributed by atoms with van der Waals surface area (Å²) in [4.78, 5) is 0. The first kappa shape index (κ1) is 11.6. The van der Waals surface area contributed by atoms with Gasteiger partial charge in [-0.2, -0.15) is 0 Å². The van der Waals surface area contributed by atoms with E-state index in [1.165, 1.54) is 31.4 Å². The summed E-state index contributed by atoms with van der Waals surface area (Å²) in [5.41, 5.74) is 1.90. The summed E-state index contributed by atoms with van der Waals surface area (Å²) in [6, 6.07) is 8.44. The van der Waals surface area contributed by atoms with Gasteiger partial charge < -0.3 is 5.32 Å². The maximum atomic E-state index is 6.13. The van der Waals surface area contributed by atoms with Crippen LogP contribution in [0.2, 0.25) is 5.02 Å². The van der Waals surface area contributed by atoms with Crippen LogP contribution >= 0.6 is 11.6 Å². The van der Waals surface area contributed by atoms with Crippen molar-refractivity contribution in [2.24, 2.45) is 11.3 Å². The van der Waals surface area contributed by atoms with E-state index in [2.05, 4.69) is 30.4 Å². The second-order valence-electron chi connectivity index (χ2n) is 5.84. The predicted octanol–water partition coefficient (Wildman–Crippen LogP) is 3.83. The Morgan fingerprint density at radius 1 is 1.35 bits per heavy atom. The smallest absolute Gasteiger partial charge is 0.0408 e. The average molecular weight is 250 g/mol. The molecule has 1 N–H and O–H groups in total. The molecule has 1 aliphatic heterocycles. The highest BCUT2D eigenvalue weighted by atomic mass is 35.5. The quantitative estimate of drug-likeness (QED) is 0.840. The van der Waals surface area contributed by atoms with Crippen molar-refractivity contribution in [3.05, 3.63) is 34.9 Å². The zero-order valence-electron chi connectivity index (χ0n) is 10.4. The molecular weight excluding hydrogens is 230 g/mol. The monoisotopic (exact) mass is 249 g/mol. The van der Waals surface area contributed by atoms with E-state index >= 15 is 0 Å². The van der Waals surface area contributed by atoms with Crippen molar-refractivity contribution in [3.8, 4) is 0 Å². The predicted molar refractivity (Wildman–Crippen MR) is 72.5 cm³/mol. The van der Waals surface area contributed by atoms with E-state index in [0.717, 1.165) is 17.5 Å². The van der Waals surface area contributed by atoms with Crippen molar-refractivity contribution in [2.75, 3.05) is 13.1 Å². The molecule has 2 atom stereocenters. The van der Waals surface area contributed by atoms with E-state index in [1.807, 2.05) is 6.07 Å². The molecule has 17 heavy (non-hydrogen) atoms. The Morgan fingerprint density at radius 3 is 2.88 bits per heavy atom. The van der Waals surface area contributed by atoms with Gasteiger partial charge in [-0.25, -0.2) is 0 Å². The van der Waals surface area contributed by atoms with Crippen LogP contribution in [0.3, 0.4) is 0 Å². The van der Waals surface area contributed by atoms with Gasteiger partial charge in [0, 0.05) is 17.5 Å². The van der Waals surface area contributed by atoms with Crippen molar-refractivity contribution in [1.29, 1.82) is 0 Å². The zero-order valence-corrected chi connectivity index (χ0v) is 11.1. The molecule has 1 nitrogen and oxygen atoms in total. The number of rotatable bonds is 2. The molecule has 1 heterocycles. The van der Waals surface area contributed by atoms with E-state index in [9.17, 15) is 0 Å². The number of benzene rings is 1. The van der Waals surface area contributed by atoms with Crippen molar-refractivity contribution in [1.82, 2.24) is 5.32 Å². The molecule has 0 aromatic heterocycles. The van der Waals surface area contributed by atoms with Crippen LogP contribution < -0.4 is 5.32 Å². The Kier molecular flexibility index (Phi) is 2.92. The maximum Gasteiger partial charge on any atom is 0.0408 e. The van der Waals surface area contributed by atoms with Gasteiger partial charge in [-0.3, -0.25) is 0 Å². The molecule has 92 valence electrons. The first-order valence-electron chi connectivity index (χ1n) is 6.66. The van der Waals surface area contributed by atoms with Gasteiger partial charge in [0.2, 0.25) is 0 Å². The number of hydrogen-bond acceptors (Lipinski definition) is 1. The number of hydrogen-bond donors (Lipinski definition) is 1. The molecule has 0 amide bonds. The Bertz CT molecular complexity index is 413. The highest BCUT2D eigenvalue weighted by molar-refractivity contribution is 6.30. The zero-order chi connectivity index (χ0) is 11.9. The van der Waals surface area contributed by atoms with Crippen LogP contribution in [0, 0.1) is 11.3 Å². The highest BCUT2D eigenvalue weighted by Gasteiger charge is 2.48. The molecule has 0 spiro atoms. The molecule has 1 aromatic rings. The SMILES string of the molecule is CC1(C2CC2)CCNCC1c1cccc(Cl)c1. The molecule has 0 bridgehead atoms. The van der Waals surface area contributed by atoms with E-state index in [-0.39, 0.29) is 0 Å². The van der Waals surface area contributed by atoms with Gasteiger partial charge in [-0.1, -0.05) is 30.7 Å². The Morgan fingerprint density at radius 2 is 2.18 bits per heavy atom. The van der Waals surface area contributed by atoms with Crippen LogP contribution in [-0.4, -0.2) is 13.1 Å². The van der Waals surface area contributed by atoms with Gasteiger partial charge in [0.15, 0.2) is 0 Å². The molecular formula is C15H20ClN. The molecule has 1 aromatic carbocycles. The van der Waals surface area contributed by atoms with Crippen molar-refractivity contribution < 1.29 is 0 Å². The summed E-state index contributed by atoms with van der Waals surface area (Å²) >= 11 is 6.13. The van der Waals surface area contributed by atoms with E-state index < -0.39 is 0 Å². The first-order valence-corrected chi connectivity index (χ1v) is 7.04. The second kappa shape index (κ2) is 4.29. The highest BCUT2D eigenvalue weighted by Crippen LogP contribution is 2.55. The maximum absolute atomic E-state index is 6.13. The fourth-order valence-electron chi connectivity index (χ4n) is 3.46. The standard InChI is InChI=1S/C15H20ClN/c1-15(12-5-6-12)7-8-17-10-14(15)11-3-2-4-13(16)9-11/h2-4,9,12,14,17H,5-8,10H2,1H3. The minimum atomic E-state index is 0.482. The van der Waals surface area contributed by atoms with Gasteiger partial charge in [0.1, 0.15) is 0 Å². The lowest BCUT2D eigenvalue weighted by Crippen LogP contribution is -2.43. The molecule has 2 fully saturated rings. The van der Waals surface area contributed by atoms with Gasteiger partial charge >= 0.3 is 0 Å². The third-order valence-corrected chi connectivity index (χ3v) is 4.98. The van der Waals surface area contributed by atoms with Crippen LogP contribution in [0.25, 0.3) is 0 Å². The molecule has 2 heteroatoms. The van der Waals surface area contributed by atoms with Crippen LogP contribution in [0.15, 0.2) is 24.3 Å². The van der Waals surface area contributed by atoms with Crippen LogP contribution in [0.5, 0.6) is 0 Å². The molecule has 2 unspecified atom stereocenters. The third kappa shape index (κ3) is 2.11. The van der Waals surface area contributed by atoms with Crippen LogP contribution in [0.4, 0.5) is 0 Å². The van der Waals surface area contributed by atoms with E-state index in [1.54, 1.807) is 0 Å². The largest absolute Gasteiger partial charge is 0.316 e. The molecule has 2 aliphatic rings. The molecule has 1 aliphatic carbocycles. The van der Waals surface area contributed by atoms with Crippen molar-refractivity contribution >= 4 is 11.6 Å². The topological polar surface area (TPSA) is 12.0 Å².